The molecule has 0 radical (unpaired) electrons. The number of likely N-dealkylation sites (tertiary alicyclic amines) is 1. The molecule has 0 aliphatic carbocycles. The van der Waals surface area contributed by atoms with Crippen LogP contribution in [0.3, 0.4) is 0 Å². The summed E-state index contributed by atoms with van der Waals surface area (Å²) in [6.07, 6.45) is -3.50. The fourth-order valence-electron chi connectivity index (χ4n) is 3.84. The SMILES string of the molecule is CC(C)Cn1c(O)c(C(=O)NC(C)C(F)(F)F)c(=O)n2nc(N)c(/C=C/C(=O)N3CCC(F)(F)CC3)c12. The van der Waals surface area contributed by atoms with Crippen LogP contribution in [0.1, 0.15) is 49.5 Å². The summed E-state index contributed by atoms with van der Waals surface area (Å²) in [5.41, 5.74) is 3.66. The van der Waals surface area contributed by atoms with Crippen LogP contribution < -0.4 is 16.6 Å². The van der Waals surface area contributed by atoms with Gasteiger partial charge in [0.1, 0.15) is 6.04 Å². The summed E-state index contributed by atoms with van der Waals surface area (Å²) in [5.74, 6) is -6.27. The smallest absolute Gasteiger partial charge is 0.408 e. The van der Waals surface area contributed by atoms with E-state index in [0.717, 1.165) is 10.6 Å². The number of hydrogen-bond acceptors (Lipinski definition) is 6. The van der Waals surface area contributed by atoms with Crippen molar-refractivity contribution < 1.29 is 36.6 Å². The van der Waals surface area contributed by atoms with E-state index in [4.69, 9.17) is 5.73 Å². The first-order chi connectivity index (χ1) is 17.0. The van der Waals surface area contributed by atoms with Gasteiger partial charge in [-0.3, -0.25) is 19.0 Å². The number of aromatic nitrogens is 3. The summed E-state index contributed by atoms with van der Waals surface area (Å²) in [4.78, 5) is 39.4. The fourth-order valence-corrected chi connectivity index (χ4v) is 3.84. The molecule has 37 heavy (non-hydrogen) atoms. The van der Waals surface area contributed by atoms with Gasteiger partial charge in [0.2, 0.25) is 11.8 Å². The number of amides is 2. The number of anilines is 1. The Balaban J connectivity index is 2.08. The van der Waals surface area contributed by atoms with Crippen molar-refractivity contribution in [3.05, 3.63) is 27.6 Å². The van der Waals surface area contributed by atoms with Crippen LogP contribution in [0.25, 0.3) is 11.7 Å². The van der Waals surface area contributed by atoms with Crippen LogP contribution in [0.4, 0.5) is 27.8 Å². The van der Waals surface area contributed by atoms with Crippen molar-refractivity contribution in [2.45, 2.75) is 58.3 Å². The Morgan fingerprint density at radius 2 is 1.81 bits per heavy atom. The van der Waals surface area contributed by atoms with E-state index < -0.39 is 59.8 Å². The average Bonchev–Trinajstić information content (AvgIpc) is 3.10. The van der Waals surface area contributed by atoms with E-state index in [1.165, 1.54) is 11.0 Å². The van der Waals surface area contributed by atoms with Crippen molar-refractivity contribution in [1.82, 2.24) is 24.4 Å². The monoisotopic (exact) mass is 534 g/mol. The number of nitrogens with zero attached hydrogens (tertiary/aromatic N) is 4. The largest absolute Gasteiger partial charge is 0.494 e. The molecule has 2 aromatic rings. The average molecular weight is 534 g/mol. The molecule has 0 spiro atoms. The van der Waals surface area contributed by atoms with Crippen molar-refractivity contribution >= 4 is 29.4 Å². The number of carbonyl (C=O) groups excluding carboxylic acids is 2. The van der Waals surface area contributed by atoms with Crippen LogP contribution in [0.5, 0.6) is 5.88 Å². The van der Waals surface area contributed by atoms with Gasteiger partial charge in [-0.15, -0.1) is 5.10 Å². The molecule has 0 bridgehead atoms. The first kappa shape index (κ1) is 27.9. The van der Waals surface area contributed by atoms with E-state index in [2.05, 4.69) is 5.10 Å². The van der Waals surface area contributed by atoms with Gasteiger partial charge in [-0.2, -0.15) is 17.7 Å². The molecule has 2 aromatic heterocycles. The molecular formula is C22H27F5N6O4. The fraction of sp³-hybridized carbons (Fsp3) is 0.545. The van der Waals surface area contributed by atoms with Gasteiger partial charge in [0.05, 0.1) is 5.56 Å². The van der Waals surface area contributed by atoms with Gasteiger partial charge in [0, 0.05) is 38.6 Å². The van der Waals surface area contributed by atoms with Crippen LogP contribution in [-0.4, -0.2) is 67.2 Å². The Kier molecular flexibility index (Phi) is 7.56. The molecule has 1 unspecified atom stereocenters. The number of nitrogens with one attached hydrogen (secondary N) is 1. The maximum atomic E-state index is 13.4. The number of fused-ring (bicyclic) bond motifs is 1. The van der Waals surface area contributed by atoms with Crippen molar-refractivity contribution in [2.75, 3.05) is 18.8 Å². The molecule has 1 fully saturated rings. The highest BCUT2D eigenvalue weighted by Gasteiger charge is 2.39. The molecule has 3 heterocycles. The van der Waals surface area contributed by atoms with Crippen LogP contribution in [-0.2, 0) is 11.3 Å². The lowest BCUT2D eigenvalue weighted by atomic mass is 10.1. The lowest BCUT2D eigenvalue weighted by molar-refractivity contribution is -0.149. The van der Waals surface area contributed by atoms with Gasteiger partial charge < -0.3 is 21.1 Å². The van der Waals surface area contributed by atoms with Gasteiger partial charge in [-0.05, 0) is 18.9 Å². The highest BCUT2D eigenvalue weighted by Crippen LogP contribution is 2.29. The maximum absolute atomic E-state index is 13.4. The minimum atomic E-state index is -4.79. The predicted octanol–water partition coefficient (Wildman–Crippen LogP) is 2.39. The number of hydrogen-bond donors (Lipinski definition) is 3. The number of piperidine rings is 1. The molecule has 1 aliphatic heterocycles. The topological polar surface area (TPSA) is 135 Å². The zero-order chi connectivity index (χ0) is 27.9. The summed E-state index contributed by atoms with van der Waals surface area (Å²) in [6.45, 7) is 3.83. The molecule has 15 heteroatoms. The number of nitrogens with two attached hydrogens (primary N) is 1. The van der Waals surface area contributed by atoms with Crippen LogP contribution in [0.15, 0.2) is 10.9 Å². The molecule has 2 amide bonds. The summed E-state index contributed by atoms with van der Waals surface area (Å²) in [6, 6.07) is -2.31. The third-order valence-corrected chi connectivity index (χ3v) is 5.88. The maximum Gasteiger partial charge on any atom is 0.408 e. The Morgan fingerprint density at radius 3 is 2.35 bits per heavy atom. The number of carbonyl (C=O) groups is 2. The molecule has 204 valence electrons. The molecule has 3 rings (SSSR count). The first-order valence-electron chi connectivity index (χ1n) is 11.4. The van der Waals surface area contributed by atoms with E-state index in [-0.39, 0.29) is 42.6 Å². The van der Waals surface area contributed by atoms with E-state index in [0.29, 0.717) is 11.4 Å². The number of alkyl halides is 5. The van der Waals surface area contributed by atoms with Crippen LogP contribution >= 0.6 is 0 Å². The first-order valence-corrected chi connectivity index (χ1v) is 11.4. The second-order valence-corrected chi connectivity index (χ2v) is 9.29. The minimum absolute atomic E-state index is 0.00809. The molecule has 4 N–H and O–H groups in total. The van der Waals surface area contributed by atoms with Gasteiger partial charge in [0.25, 0.3) is 17.4 Å². The standard InChI is InChI=1S/C22H27F5N6O4/c1-11(2)10-32-18-13(4-5-14(34)31-8-6-21(23,24)7-9-31)16(28)30-33(18)20(37)15(19(32)36)17(35)29-12(3)22(25,26)27/h4-5,11-12,36H,6-10H2,1-3H3,(H2,28,30)(H,29,35)/b5-4+. The highest BCUT2D eigenvalue weighted by atomic mass is 19.4. The Bertz CT molecular complexity index is 1290. The Hall–Kier alpha value is -3.65. The van der Waals surface area contributed by atoms with Crippen molar-refractivity contribution in [3.63, 3.8) is 0 Å². The molecule has 0 saturated carbocycles. The van der Waals surface area contributed by atoms with Crippen LogP contribution in [0, 0.1) is 5.92 Å². The Labute approximate surface area is 207 Å². The number of halogens is 5. The lowest BCUT2D eigenvalue weighted by Gasteiger charge is -2.30. The van der Waals surface area contributed by atoms with Crippen molar-refractivity contribution in [1.29, 1.82) is 0 Å². The second kappa shape index (κ2) is 10.0. The Morgan fingerprint density at radius 1 is 1.22 bits per heavy atom. The van der Waals surface area contributed by atoms with E-state index >= 15 is 0 Å². The zero-order valence-electron chi connectivity index (χ0n) is 20.3. The molecule has 1 aliphatic rings. The van der Waals surface area contributed by atoms with Gasteiger partial charge >= 0.3 is 6.18 Å². The summed E-state index contributed by atoms with van der Waals surface area (Å²) in [7, 11) is 0. The summed E-state index contributed by atoms with van der Waals surface area (Å²) in [5, 5.41) is 16.3. The highest BCUT2D eigenvalue weighted by molar-refractivity contribution is 5.97. The third kappa shape index (κ3) is 5.85. The van der Waals surface area contributed by atoms with Gasteiger partial charge in [-0.25, -0.2) is 8.78 Å². The number of nitrogen functional groups attached to an aromatic ring is 1. The summed E-state index contributed by atoms with van der Waals surface area (Å²) >= 11 is 0. The lowest BCUT2D eigenvalue weighted by Crippen LogP contribution is -2.45. The normalized spacial score (nSPS) is 17.1. The quantitative estimate of drug-likeness (QED) is 0.385. The van der Waals surface area contributed by atoms with Crippen LogP contribution in [0.2, 0.25) is 0 Å². The van der Waals surface area contributed by atoms with E-state index in [9.17, 15) is 41.4 Å². The molecular weight excluding hydrogens is 507 g/mol. The van der Waals surface area contributed by atoms with E-state index in [1.807, 2.05) is 0 Å². The van der Waals surface area contributed by atoms with Gasteiger partial charge in [-0.1, -0.05) is 13.8 Å². The van der Waals surface area contributed by atoms with Gasteiger partial charge in [0.15, 0.2) is 17.0 Å². The molecule has 1 atom stereocenters. The van der Waals surface area contributed by atoms with Crippen molar-refractivity contribution in [2.24, 2.45) is 5.92 Å². The second-order valence-electron chi connectivity index (χ2n) is 9.29. The molecule has 0 aromatic carbocycles. The summed E-state index contributed by atoms with van der Waals surface area (Å²) < 4.78 is 67.4. The number of rotatable bonds is 6. The predicted molar refractivity (Wildman–Crippen MR) is 123 cm³/mol. The molecule has 1 saturated heterocycles. The van der Waals surface area contributed by atoms with E-state index in [1.54, 1.807) is 19.2 Å². The molecule has 10 nitrogen and oxygen atoms in total. The van der Waals surface area contributed by atoms with Crippen molar-refractivity contribution in [3.8, 4) is 5.88 Å². The number of aromatic hydroxyl groups is 1. The zero-order valence-corrected chi connectivity index (χ0v) is 20.3. The minimum Gasteiger partial charge on any atom is -0.494 e. The third-order valence-electron chi connectivity index (χ3n) is 5.88.